The molecule has 0 spiro atoms. The van der Waals surface area contributed by atoms with Gasteiger partial charge in [-0.2, -0.15) is 0 Å². The van der Waals surface area contributed by atoms with Crippen LogP contribution in [0.1, 0.15) is 13.8 Å². The summed E-state index contributed by atoms with van der Waals surface area (Å²) in [4.78, 5) is 0. The molecule has 0 aromatic carbocycles. The maximum Gasteiger partial charge on any atom is 0.369 e. The zero-order valence-corrected chi connectivity index (χ0v) is 5.94. The molecular formula is C3H8AlClO. The maximum absolute atomic E-state index is 4.67. The van der Waals surface area contributed by atoms with Crippen molar-refractivity contribution in [1.29, 1.82) is 0 Å². The van der Waals surface area contributed by atoms with Crippen LogP contribution >= 0.6 is 12.4 Å². The second-order valence-corrected chi connectivity index (χ2v) is 1.46. The molecule has 0 amide bonds. The first kappa shape index (κ1) is 9.92. The highest BCUT2D eigenvalue weighted by atomic mass is 35.5. The van der Waals surface area contributed by atoms with E-state index in [1.54, 1.807) is 0 Å². The van der Waals surface area contributed by atoms with Crippen LogP contribution in [0.3, 0.4) is 0 Å². The Morgan fingerprint density at radius 1 is 1.50 bits per heavy atom. The standard InChI is InChI=1S/C3H7O.Al.ClH/c1-3(2)4;;/h3H,1-2H3;;1H/q-1;+1;. The van der Waals surface area contributed by atoms with Crippen molar-refractivity contribution < 1.29 is 3.79 Å². The molecular weight excluding hydrogens is 114 g/mol. The molecule has 0 aromatic heterocycles. The minimum Gasteiger partial charge on any atom is -0.514 e. The molecule has 0 rings (SSSR count). The van der Waals surface area contributed by atoms with Crippen molar-refractivity contribution in [3.8, 4) is 0 Å². The predicted molar refractivity (Wildman–Crippen MR) is 29.2 cm³/mol. The summed E-state index contributed by atoms with van der Waals surface area (Å²) in [6.07, 6.45) is 0.347. The van der Waals surface area contributed by atoms with Gasteiger partial charge in [0.05, 0.1) is 0 Å². The Kier molecular flexibility index (Phi) is 9.56. The van der Waals surface area contributed by atoms with Gasteiger partial charge in [-0.15, -0.1) is 12.4 Å². The molecule has 0 N–H and O–H groups in total. The van der Waals surface area contributed by atoms with Gasteiger partial charge in [0.2, 0.25) is 0 Å². The smallest absolute Gasteiger partial charge is 0.369 e. The van der Waals surface area contributed by atoms with Crippen LogP contribution in [-0.4, -0.2) is 22.7 Å². The van der Waals surface area contributed by atoms with Gasteiger partial charge in [-0.25, -0.2) is 0 Å². The van der Waals surface area contributed by atoms with E-state index < -0.39 is 0 Å². The van der Waals surface area contributed by atoms with Crippen molar-refractivity contribution in [2.45, 2.75) is 20.0 Å². The van der Waals surface area contributed by atoms with Gasteiger partial charge in [0.15, 0.2) is 0 Å². The first-order valence-corrected chi connectivity index (χ1v) is 2.10. The summed E-state index contributed by atoms with van der Waals surface area (Å²) in [6.45, 7) is 3.96. The summed E-state index contributed by atoms with van der Waals surface area (Å²) in [5.41, 5.74) is 0. The number of rotatable bonds is 1. The molecule has 0 heterocycles. The number of hydrogen-bond acceptors (Lipinski definition) is 1. The fourth-order valence-corrected chi connectivity index (χ4v) is 0. The summed E-state index contributed by atoms with van der Waals surface area (Å²) in [5.74, 6) is 0. The second kappa shape index (κ2) is 5.78. The Hall–Kier alpha value is 0.782. The average Bonchev–Trinajstić information content (AvgIpc) is 1.38. The van der Waals surface area contributed by atoms with Crippen molar-refractivity contribution >= 4 is 29.0 Å². The van der Waals surface area contributed by atoms with E-state index in [4.69, 9.17) is 0 Å². The molecule has 36 valence electrons. The average molecular weight is 123 g/mol. The molecule has 0 saturated carbocycles. The quantitative estimate of drug-likeness (QED) is 0.470. The third-order valence-electron chi connectivity index (χ3n) is 0.272. The van der Waals surface area contributed by atoms with Gasteiger partial charge in [0.1, 0.15) is 0 Å². The lowest BCUT2D eigenvalue weighted by atomic mass is 10.5. The lowest BCUT2D eigenvalue weighted by molar-refractivity contribution is 0.267. The Morgan fingerprint density at radius 2 is 1.67 bits per heavy atom. The van der Waals surface area contributed by atoms with Gasteiger partial charge < -0.3 is 3.79 Å². The van der Waals surface area contributed by atoms with Crippen molar-refractivity contribution in [3.05, 3.63) is 0 Å². The van der Waals surface area contributed by atoms with Crippen molar-refractivity contribution in [3.63, 3.8) is 0 Å². The first-order chi connectivity index (χ1) is 2.27. The van der Waals surface area contributed by atoms with Crippen LogP contribution in [0.15, 0.2) is 0 Å². The monoisotopic (exact) mass is 122 g/mol. The van der Waals surface area contributed by atoms with Crippen LogP contribution in [0.5, 0.6) is 0 Å². The summed E-state index contributed by atoms with van der Waals surface area (Å²) < 4.78 is 4.67. The fourth-order valence-electron chi connectivity index (χ4n) is 0. The number of hydrogen-bond donors (Lipinski definition) is 0. The number of halogens is 1. The van der Waals surface area contributed by atoms with Crippen LogP contribution in [0.2, 0.25) is 0 Å². The van der Waals surface area contributed by atoms with E-state index in [0.717, 1.165) is 0 Å². The van der Waals surface area contributed by atoms with Gasteiger partial charge in [0, 0.05) is 6.10 Å². The molecule has 0 aliphatic rings. The summed E-state index contributed by atoms with van der Waals surface area (Å²) in [5, 5.41) is 0. The molecule has 3 heteroatoms. The van der Waals surface area contributed by atoms with Crippen LogP contribution in [-0.2, 0) is 3.79 Å². The van der Waals surface area contributed by atoms with Crippen LogP contribution in [0.25, 0.3) is 0 Å². The highest BCUT2D eigenvalue weighted by Gasteiger charge is 1.77. The fraction of sp³-hybridized carbons (Fsp3) is 1.00. The van der Waals surface area contributed by atoms with E-state index in [-0.39, 0.29) is 12.4 Å². The van der Waals surface area contributed by atoms with Crippen molar-refractivity contribution in [1.82, 2.24) is 0 Å². The largest absolute Gasteiger partial charge is 0.514 e. The minimum absolute atomic E-state index is 0. The Labute approximate surface area is 53.2 Å². The molecule has 0 aliphatic carbocycles. The molecule has 0 aromatic rings. The van der Waals surface area contributed by atoms with Gasteiger partial charge in [-0.05, 0) is 13.8 Å². The van der Waals surface area contributed by atoms with Crippen LogP contribution in [0, 0.1) is 0 Å². The van der Waals surface area contributed by atoms with E-state index >= 15 is 0 Å². The summed E-state index contributed by atoms with van der Waals surface area (Å²) in [7, 11) is 0. The van der Waals surface area contributed by atoms with Crippen molar-refractivity contribution in [2.75, 3.05) is 0 Å². The minimum atomic E-state index is 0. The van der Waals surface area contributed by atoms with E-state index in [0.29, 0.717) is 6.10 Å². The topological polar surface area (TPSA) is 9.23 Å². The summed E-state index contributed by atoms with van der Waals surface area (Å²) >= 11 is 2.19. The molecule has 6 heavy (non-hydrogen) atoms. The van der Waals surface area contributed by atoms with E-state index in [2.05, 4.69) is 20.4 Å². The molecule has 2 radical (unpaired) electrons. The van der Waals surface area contributed by atoms with Gasteiger partial charge >= 0.3 is 16.6 Å². The van der Waals surface area contributed by atoms with Crippen molar-refractivity contribution in [2.24, 2.45) is 0 Å². The van der Waals surface area contributed by atoms with Gasteiger partial charge in [-0.3, -0.25) is 0 Å². The normalized spacial score (nSPS) is 7.83. The molecule has 0 bridgehead atoms. The summed E-state index contributed by atoms with van der Waals surface area (Å²) in [6, 6.07) is 0. The first-order valence-electron chi connectivity index (χ1n) is 1.63. The second-order valence-electron chi connectivity index (χ2n) is 1.18. The maximum atomic E-state index is 4.67. The van der Waals surface area contributed by atoms with Crippen LogP contribution in [0.4, 0.5) is 0 Å². The van der Waals surface area contributed by atoms with Gasteiger partial charge in [0.25, 0.3) is 0 Å². The van der Waals surface area contributed by atoms with Gasteiger partial charge in [-0.1, -0.05) is 0 Å². The zero-order chi connectivity index (χ0) is 4.28. The Balaban J connectivity index is 0. The molecule has 1 nitrogen and oxygen atoms in total. The Morgan fingerprint density at radius 3 is 1.67 bits per heavy atom. The zero-order valence-electron chi connectivity index (χ0n) is 3.97. The predicted octanol–water partition coefficient (Wildman–Crippen LogP) is 0.917. The lowest BCUT2D eigenvalue weighted by Crippen LogP contribution is -1.95. The van der Waals surface area contributed by atoms with E-state index in [1.165, 1.54) is 0 Å². The Bertz CT molecular complexity index is 24.8. The molecule has 0 unspecified atom stereocenters. The molecule has 0 fully saturated rings. The molecule has 0 atom stereocenters. The lowest BCUT2D eigenvalue weighted by Gasteiger charge is -1.98. The SMILES string of the molecule is CC(C)[O][Al].Cl. The van der Waals surface area contributed by atoms with Crippen LogP contribution < -0.4 is 0 Å². The highest BCUT2D eigenvalue weighted by molar-refractivity contribution is 5.98. The van der Waals surface area contributed by atoms with E-state index in [9.17, 15) is 0 Å². The molecule has 0 saturated heterocycles. The molecule has 0 aliphatic heterocycles. The van der Waals surface area contributed by atoms with E-state index in [1.807, 2.05) is 13.8 Å². The third kappa shape index (κ3) is 8.84. The third-order valence-corrected chi connectivity index (χ3v) is 0.816. The highest BCUT2D eigenvalue weighted by Crippen LogP contribution is 1.76.